The first-order chi connectivity index (χ1) is 8.58. The molecule has 4 heteroatoms. The quantitative estimate of drug-likeness (QED) is 0.591. The van der Waals surface area contributed by atoms with Gasteiger partial charge in [0.25, 0.3) is 5.69 Å². The Morgan fingerprint density at radius 1 is 1.39 bits per heavy atom. The average Bonchev–Trinajstić information content (AvgIpc) is 2.36. The molecule has 0 aliphatic heterocycles. The summed E-state index contributed by atoms with van der Waals surface area (Å²) < 4.78 is 0. The van der Waals surface area contributed by atoms with Crippen LogP contribution >= 0.6 is 0 Å². The molecule has 18 heavy (non-hydrogen) atoms. The molecule has 0 bridgehead atoms. The zero-order valence-corrected chi connectivity index (χ0v) is 11.3. The molecule has 0 spiro atoms. The minimum Gasteiger partial charge on any atom is -0.307 e. The molecule has 100 valence electrons. The molecule has 0 aromatic heterocycles. The Hall–Kier alpha value is -1.42. The number of hydrogen-bond donors (Lipinski definition) is 1. The van der Waals surface area contributed by atoms with Crippen LogP contribution in [-0.2, 0) is 0 Å². The highest BCUT2D eigenvalue weighted by Crippen LogP contribution is 2.22. The fourth-order valence-electron chi connectivity index (χ4n) is 2.16. The van der Waals surface area contributed by atoms with Crippen LogP contribution in [0.3, 0.4) is 0 Å². The van der Waals surface area contributed by atoms with Crippen molar-refractivity contribution >= 4 is 5.69 Å². The average molecular weight is 250 g/mol. The zero-order valence-electron chi connectivity index (χ0n) is 11.3. The lowest BCUT2D eigenvalue weighted by atomic mass is 10.0. The number of benzene rings is 1. The second-order valence-corrected chi connectivity index (χ2v) is 4.67. The Labute approximate surface area is 109 Å². The van der Waals surface area contributed by atoms with Crippen LogP contribution in [0, 0.1) is 10.1 Å². The predicted octanol–water partition coefficient (Wildman–Crippen LogP) is 3.82. The molecule has 0 aliphatic rings. The van der Waals surface area contributed by atoms with Crippen molar-refractivity contribution in [3.8, 4) is 0 Å². The molecule has 0 fully saturated rings. The van der Waals surface area contributed by atoms with Crippen LogP contribution in [-0.4, -0.2) is 11.0 Å². The van der Waals surface area contributed by atoms with Gasteiger partial charge in [-0.1, -0.05) is 32.4 Å². The van der Waals surface area contributed by atoms with Crippen molar-refractivity contribution in [2.45, 2.75) is 52.1 Å². The van der Waals surface area contributed by atoms with E-state index >= 15 is 0 Å². The summed E-state index contributed by atoms with van der Waals surface area (Å²) in [6.45, 7) is 6.41. The molecule has 0 aliphatic carbocycles. The summed E-state index contributed by atoms with van der Waals surface area (Å²) in [6, 6.07) is 7.52. The normalized spacial score (nSPS) is 14.2. The fraction of sp³-hybridized carbons (Fsp3) is 0.571. The van der Waals surface area contributed by atoms with Crippen molar-refractivity contribution in [3.05, 3.63) is 39.9 Å². The molecule has 0 saturated heterocycles. The first-order valence-corrected chi connectivity index (χ1v) is 6.58. The third-order valence-corrected chi connectivity index (χ3v) is 3.10. The number of hydrogen-bond acceptors (Lipinski definition) is 3. The lowest BCUT2D eigenvalue weighted by Crippen LogP contribution is -2.30. The summed E-state index contributed by atoms with van der Waals surface area (Å²) in [5.41, 5.74) is 1.16. The van der Waals surface area contributed by atoms with Gasteiger partial charge in [0.2, 0.25) is 0 Å². The molecular formula is C14H22N2O2. The molecular weight excluding hydrogens is 228 g/mol. The molecule has 0 heterocycles. The first-order valence-electron chi connectivity index (χ1n) is 6.58. The maximum Gasteiger partial charge on any atom is 0.269 e. The van der Waals surface area contributed by atoms with E-state index in [-0.39, 0.29) is 16.7 Å². The summed E-state index contributed by atoms with van der Waals surface area (Å²) in [5, 5.41) is 14.3. The Morgan fingerprint density at radius 2 is 2.11 bits per heavy atom. The maximum atomic E-state index is 10.8. The van der Waals surface area contributed by atoms with Gasteiger partial charge >= 0.3 is 0 Å². The highest BCUT2D eigenvalue weighted by atomic mass is 16.6. The smallest absolute Gasteiger partial charge is 0.269 e. The molecule has 1 aromatic carbocycles. The fourth-order valence-corrected chi connectivity index (χ4v) is 2.16. The van der Waals surface area contributed by atoms with Gasteiger partial charge in [-0.3, -0.25) is 10.1 Å². The van der Waals surface area contributed by atoms with Crippen molar-refractivity contribution in [3.63, 3.8) is 0 Å². The van der Waals surface area contributed by atoms with Crippen LogP contribution in [0.25, 0.3) is 0 Å². The molecule has 0 radical (unpaired) electrons. The number of non-ortho nitro benzene ring substituents is 1. The van der Waals surface area contributed by atoms with Crippen molar-refractivity contribution in [2.24, 2.45) is 0 Å². The minimum atomic E-state index is -0.342. The molecule has 4 nitrogen and oxygen atoms in total. The van der Waals surface area contributed by atoms with E-state index in [1.165, 1.54) is 6.07 Å². The molecule has 1 N–H and O–H groups in total. The van der Waals surface area contributed by atoms with E-state index < -0.39 is 0 Å². The number of rotatable bonds is 7. The van der Waals surface area contributed by atoms with E-state index in [2.05, 4.69) is 26.1 Å². The Morgan fingerprint density at radius 3 is 2.67 bits per heavy atom. The lowest BCUT2D eigenvalue weighted by molar-refractivity contribution is -0.384. The van der Waals surface area contributed by atoms with E-state index in [9.17, 15) is 10.1 Å². The minimum absolute atomic E-state index is 0.163. The number of nitro benzene ring substituents is 1. The van der Waals surface area contributed by atoms with E-state index in [0.717, 1.165) is 24.8 Å². The van der Waals surface area contributed by atoms with Gasteiger partial charge in [0.05, 0.1) is 4.92 Å². The molecule has 0 saturated carbocycles. The molecule has 2 atom stereocenters. The Kier molecular flexibility index (Phi) is 5.78. The van der Waals surface area contributed by atoms with Crippen LogP contribution in [0.15, 0.2) is 24.3 Å². The summed E-state index contributed by atoms with van der Waals surface area (Å²) in [4.78, 5) is 10.4. The monoisotopic (exact) mass is 250 g/mol. The summed E-state index contributed by atoms with van der Waals surface area (Å²) in [5.74, 6) is 0. The maximum absolute atomic E-state index is 10.8. The van der Waals surface area contributed by atoms with Crippen molar-refractivity contribution in [1.82, 2.24) is 5.32 Å². The molecule has 2 unspecified atom stereocenters. The third-order valence-electron chi connectivity index (χ3n) is 3.10. The van der Waals surface area contributed by atoms with E-state index in [4.69, 9.17) is 0 Å². The topological polar surface area (TPSA) is 55.2 Å². The highest BCUT2D eigenvalue weighted by Gasteiger charge is 2.14. The standard InChI is InChI=1S/C14H22N2O2/c1-4-7-11(3)15-14(5-2)12-8-6-9-13(10-12)16(17)18/h6,8-11,14-15H,4-5,7H2,1-3H3. The van der Waals surface area contributed by atoms with Crippen LogP contribution in [0.5, 0.6) is 0 Å². The summed E-state index contributed by atoms with van der Waals surface area (Å²) >= 11 is 0. The number of nitrogens with zero attached hydrogens (tertiary/aromatic N) is 1. The van der Waals surface area contributed by atoms with Crippen molar-refractivity contribution in [2.75, 3.05) is 0 Å². The van der Waals surface area contributed by atoms with Gasteiger partial charge in [-0.25, -0.2) is 0 Å². The van der Waals surface area contributed by atoms with Crippen LogP contribution < -0.4 is 5.32 Å². The van der Waals surface area contributed by atoms with E-state index in [1.807, 2.05) is 6.07 Å². The second kappa shape index (κ2) is 7.11. The van der Waals surface area contributed by atoms with Gasteiger partial charge in [0.15, 0.2) is 0 Å². The summed E-state index contributed by atoms with van der Waals surface area (Å²) in [7, 11) is 0. The van der Waals surface area contributed by atoms with Crippen LogP contribution in [0.1, 0.15) is 51.6 Å². The lowest BCUT2D eigenvalue weighted by Gasteiger charge is -2.22. The van der Waals surface area contributed by atoms with Gasteiger partial charge < -0.3 is 5.32 Å². The van der Waals surface area contributed by atoms with Gasteiger partial charge in [-0.2, -0.15) is 0 Å². The number of nitro groups is 1. The largest absolute Gasteiger partial charge is 0.307 e. The van der Waals surface area contributed by atoms with E-state index in [1.54, 1.807) is 12.1 Å². The van der Waals surface area contributed by atoms with E-state index in [0.29, 0.717) is 6.04 Å². The molecule has 1 aromatic rings. The second-order valence-electron chi connectivity index (χ2n) is 4.67. The van der Waals surface area contributed by atoms with Gasteiger partial charge in [0.1, 0.15) is 0 Å². The number of nitrogens with one attached hydrogen (secondary N) is 1. The third kappa shape index (κ3) is 4.11. The first kappa shape index (κ1) is 14.6. The SMILES string of the molecule is CCCC(C)NC(CC)c1cccc([N+](=O)[O-])c1. The highest BCUT2D eigenvalue weighted by molar-refractivity contribution is 5.35. The Balaban J connectivity index is 2.81. The Bertz CT molecular complexity index is 393. The van der Waals surface area contributed by atoms with Crippen molar-refractivity contribution in [1.29, 1.82) is 0 Å². The molecule has 1 rings (SSSR count). The summed E-state index contributed by atoms with van der Waals surface area (Å²) in [6.07, 6.45) is 3.18. The van der Waals surface area contributed by atoms with Gasteiger partial charge in [0, 0.05) is 24.2 Å². The van der Waals surface area contributed by atoms with Crippen LogP contribution in [0.4, 0.5) is 5.69 Å². The zero-order chi connectivity index (χ0) is 13.5. The van der Waals surface area contributed by atoms with Gasteiger partial charge in [-0.15, -0.1) is 0 Å². The predicted molar refractivity (Wildman–Crippen MR) is 73.6 cm³/mol. The van der Waals surface area contributed by atoms with Crippen LogP contribution in [0.2, 0.25) is 0 Å². The van der Waals surface area contributed by atoms with Crippen molar-refractivity contribution < 1.29 is 4.92 Å². The molecule has 0 amide bonds. The van der Waals surface area contributed by atoms with Gasteiger partial charge in [-0.05, 0) is 25.3 Å².